The summed E-state index contributed by atoms with van der Waals surface area (Å²) in [5.74, 6) is 1.13. The Morgan fingerprint density at radius 2 is 2.08 bits per heavy atom. The summed E-state index contributed by atoms with van der Waals surface area (Å²) in [5.41, 5.74) is 1.29. The van der Waals surface area contributed by atoms with Crippen LogP contribution in [0, 0.1) is 0 Å². The number of amides is 1. The minimum Gasteiger partial charge on any atom is -0.351 e. The number of anilines is 1. The quantitative estimate of drug-likeness (QED) is 0.830. The van der Waals surface area contributed by atoms with Gasteiger partial charge in [-0.05, 0) is 38.9 Å². The predicted octanol–water partition coefficient (Wildman–Crippen LogP) is 2.87. The van der Waals surface area contributed by atoms with Gasteiger partial charge in [-0.1, -0.05) is 30.3 Å². The molecule has 1 fully saturated rings. The summed E-state index contributed by atoms with van der Waals surface area (Å²) in [4.78, 5) is 25.5. The number of likely N-dealkylation sites (N-methyl/N-ethyl adjacent to an activating group) is 1. The molecule has 138 valence electrons. The van der Waals surface area contributed by atoms with Gasteiger partial charge in [0, 0.05) is 37.1 Å². The normalized spacial score (nSPS) is 19.9. The van der Waals surface area contributed by atoms with E-state index in [1.165, 1.54) is 10.4 Å². The molecule has 1 saturated heterocycles. The van der Waals surface area contributed by atoms with Gasteiger partial charge in [0.15, 0.2) is 5.01 Å². The molecule has 1 unspecified atom stereocenters. The van der Waals surface area contributed by atoms with Gasteiger partial charge in [0.1, 0.15) is 5.82 Å². The summed E-state index contributed by atoms with van der Waals surface area (Å²) < 4.78 is 0. The minimum atomic E-state index is 0.105. The van der Waals surface area contributed by atoms with Crippen LogP contribution in [0.5, 0.6) is 0 Å². The van der Waals surface area contributed by atoms with Crippen molar-refractivity contribution in [1.82, 2.24) is 14.8 Å². The summed E-state index contributed by atoms with van der Waals surface area (Å²) >= 11 is 1.60. The molecule has 0 spiro atoms. The van der Waals surface area contributed by atoms with Gasteiger partial charge in [-0.2, -0.15) is 0 Å². The molecule has 2 aliphatic heterocycles. The first kappa shape index (κ1) is 17.5. The van der Waals surface area contributed by atoms with Crippen molar-refractivity contribution in [2.24, 2.45) is 0 Å². The van der Waals surface area contributed by atoms with Gasteiger partial charge in [0.25, 0.3) is 5.91 Å². The van der Waals surface area contributed by atoms with E-state index in [-0.39, 0.29) is 5.91 Å². The smallest absolute Gasteiger partial charge is 0.282 e. The highest BCUT2D eigenvalue weighted by atomic mass is 32.1. The van der Waals surface area contributed by atoms with E-state index >= 15 is 0 Å². The van der Waals surface area contributed by atoms with Crippen molar-refractivity contribution in [3.63, 3.8) is 0 Å². The molecule has 0 saturated carbocycles. The molecule has 26 heavy (non-hydrogen) atoms. The second-order valence-electron chi connectivity index (χ2n) is 7.43. The van der Waals surface area contributed by atoms with Gasteiger partial charge in [0.05, 0.1) is 0 Å². The van der Waals surface area contributed by atoms with Crippen LogP contribution in [0.3, 0.4) is 0 Å². The standard InChI is InChI=1S/C20H26N4OS/c1-22(2)16-10-12-24(14-16)20(25)19-21-18-17(26-19)9-6-11-23(18)13-15-7-4-3-5-8-15/h3-5,7-8,16H,6,9-14H2,1-2H3. The average molecular weight is 371 g/mol. The number of carbonyl (C=O) groups excluding carboxylic acids is 1. The predicted molar refractivity (Wildman–Crippen MR) is 106 cm³/mol. The second kappa shape index (κ2) is 7.37. The maximum Gasteiger partial charge on any atom is 0.282 e. The lowest BCUT2D eigenvalue weighted by Crippen LogP contribution is -2.34. The lowest BCUT2D eigenvalue weighted by Gasteiger charge is -2.27. The lowest BCUT2D eigenvalue weighted by molar-refractivity contribution is 0.0782. The van der Waals surface area contributed by atoms with Gasteiger partial charge in [0.2, 0.25) is 0 Å². The number of benzene rings is 1. The number of aromatic nitrogens is 1. The summed E-state index contributed by atoms with van der Waals surface area (Å²) in [5, 5.41) is 0.661. The third kappa shape index (κ3) is 3.48. The van der Waals surface area contributed by atoms with Crippen molar-refractivity contribution in [3.8, 4) is 0 Å². The molecule has 1 aromatic carbocycles. The molecule has 2 aliphatic rings. The number of hydrogen-bond acceptors (Lipinski definition) is 5. The van der Waals surface area contributed by atoms with Crippen molar-refractivity contribution >= 4 is 23.1 Å². The Morgan fingerprint density at radius 3 is 2.81 bits per heavy atom. The molecule has 0 aliphatic carbocycles. The Kier molecular flexibility index (Phi) is 4.96. The molecular weight excluding hydrogens is 344 g/mol. The summed E-state index contributed by atoms with van der Waals surface area (Å²) in [6.45, 7) is 3.51. The van der Waals surface area contributed by atoms with Gasteiger partial charge in [-0.25, -0.2) is 4.98 Å². The van der Waals surface area contributed by atoms with Crippen LogP contribution in [0.25, 0.3) is 0 Å². The zero-order valence-corrected chi connectivity index (χ0v) is 16.3. The van der Waals surface area contributed by atoms with Crippen LogP contribution in [-0.2, 0) is 13.0 Å². The highest BCUT2D eigenvalue weighted by Gasteiger charge is 2.31. The first-order valence-corrected chi connectivity index (χ1v) is 10.2. The lowest BCUT2D eigenvalue weighted by atomic mass is 10.1. The Morgan fingerprint density at radius 1 is 1.27 bits per heavy atom. The topological polar surface area (TPSA) is 39.7 Å². The van der Waals surface area contributed by atoms with Crippen molar-refractivity contribution in [2.45, 2.75) is 31.8 Å². The maximum absolute atomic E-state index is 12.9. The molecule has 3 heterocycles. The number of thiazole rings is 1. The molecule has 6 heteroatoms. The largest absolute Gasteiger partial charge is 0.351 e. The van der Waals surface area contributed by atoms with Gasteiger partial charge < -0.3 is 14.7 Å². The highest BCUT2D eigenvalue weighted by Crippen LogP contribution is 2.33. The monoisotopic (exact) mass is 370 g/mol. The molecule has 0 N–H and O–H groups in total. The Hall–Kier alpha value is -1.92. The van der Waals surface area contributed by atoms with E-state index in [0.29, 0.717) is 11.0 Å². The maximum atomic E-state index is 12.9. The minimum absolute atomic E-state index is 0.105. The fourth-order valence-electron chi connectivity index (χ4n) is 3.82. The zero-order valence-electron chi connectivity index (χ0n) is 15.5. The van der Waals surface area contributed by atoms with E-state index in [9.17, 15) is 4.79 Å². The Balaban J connectivity index is 1.51. The third-order valence-electron chi connectivity index (χ3n) is 5.39. The Labute approximate surface area is 159 Å². The molecular formula is C20H26N4OS. The average Bonchev–Trinajstić information content (AvgIpc) is 3.30. The summed E-state index contributed by atoms with van der Waals surface area (Å²) in [6, 6.07) is 11.0. The molecule has 1 atom stereocenters. The van der Waals surface area contributed by atoms with Crippen LogP contribution in [0.1, 0.15) is 33.1 Å². The molecule has 0 radical (unpaired) electrons. The van der Waals surface area contributed by atoms with E-state index < -0.39 is 0 Å². The van der Waals surface area contributed by atoms with Crippen LogP contribution >= 0.6 is 11.3 Å². The van der Waals surface area contributed by atoms with Crippen LogP contribution < -0.4 is 4.90 Å². The number of nitrogens with zero attached hydrogens (tertiary/aromatic N) is 4. The van der Waals surface area contributed by atoms with Gasteiger partial charge in [-0.3, -0.25) is 4.79 Å². The number of likely N-dealkylation sites (tertiary alicyclic amines) is 1. The fraction of sp³-hybridized carbons (Fsp3) is 0.500. The van der Waals surface area contributed by atoms with E-state index in [4.69, 9.17) is 4.98 Å². The number of hydrogen-bond donors (Lipinski definition) is 0. The second-order valence-corrected chi connectivity index (χ2v) is 8.52. The highest BCUT2D eigenvalue weighted by molar-refractivity contribution is 7.14. The summed E-state index contributed by atoms with van der Waals surface area (Å²) in [6.07, 6.45) is 3.21. The van der Waals surface area contributed by atoms with Crippen LogP contribution in [0.2, 0.25) is 0 Å². The number of fused-ring (bicyclic) bond motifs is 1. The van der Waals surface area contributed by atoms with Gasteiger partial charge >= 0.3 is 0 Å². The van der Waals surface area contributed by atoms with E-state index in [1.807, 2.05) is 11.0 Å². The zero-order chi connectivity index (χ0) is 18.1. The van der Waals surface area contributed by atoms with Crippen LogP contribution in [0.4, 0.5) is 5.82 Å². The van der Waals surface area contributed by atoms with Crippen molar-refractivity contribution in [1.29, 1.82) is 0 Å². The SMILES string of the molecule is CN(C)C1CCN(C(=O)c2nc3c(s2)CCCN3Cc2ccccc2)C1. The van der Waals surface area contributed by atoms with E-state index in [2.05, 4.69) is 48.2 Å². The number of rotatable bonds is 4. The Bertz CT molecular complexity index is 773. The molecule has 0 bridgehead atoms. The van der Waals surface area contributed by atoms with Crippen molar-refractivity contribution in [2.75, 3.05) is 38.6 Å². The molecule has 4 rings (SSSR count). The molecule has 2 aromatic rings. The fourth-order valence-corrected chi connectivity index (χ4v) is 4.92. The van der Waals surface area contributed by atoms with Crippen LogP contribution in [-0.4, -0.2) is 60.5 Å². The van der Waals surface area contributed by atoms with E-state index in [1.54, 1.807) is 11.3 Å². The van der Waals surface area contributed by atoms with E-state index in [0.717, 1.165) is 51.3 Å². The molecule has 1 aromatic heterocycles. The number of aryl methyl sites for hydroxylation is 1. The molecule has 1 amide bonds. The third-order valence-corrected chi connectivity index (χ3v) is 6.48. The van der Waals surface area contributed by atoms with Gasteiger partial charge in [-0.15, -0.1) is 11.3 Å². The first-order chi connectivity index (χ1) is 12.6. The van der Waals surface area contributed by atoms with Crippen molar-refractivity contribution in [3.05, 3.63) is 45.8 Å². The van der Waals surface area contributed by atoms with Crippen LogP contribution in [0.15, 0.2) is 30.3 Å². The first-order valence-electron chi connectivity index (χ1n) is 9.36. The number of carbonyl (C=O) groups is 1. The van der Waals surface area contributed by atoms with Crippen molar-refractivity contribution < 1.29 is 4.79 Å². The summed E-state index contributed by atoms with van der Waals surface area (Å²) in [7, 11) is 4.17. The molecule has 5 nitrogen and oxygen atoms in total.